The summed E-state index contributed by atoms with van der Waals surface area (Å²) < 4.78 is 15.5. The highest BCUT2D eigenvalue weighted by atomic mass is 19.1. The van der Waals surface area contributed by atoms with Crippen molar-refractivity contribution in [2.45, 2.75) is 31.7 Å². The lowest BCUT2D eigenvalue weighted by Gasteiger charge is -2.08. The molecule has 5 rings (SSSR count). The van der Waals surface area contributed by atoms with E-state index in [2.05, 4.69) is 16.5 Å². The summed E-state index contributed by atoms with van der Waals surface area (Å²) in [5, 5.41) is 17.5. The molecule has 1 fully saturated rings. The monoisotopic (exact) mass is 456 g/mol. The summed E-state index contributed by atoms with van der Waals surface area (Å²) in [7, 11) is 0. The molecule has 1 saturated carbocycles. The van der Waals surface area contributed by atoms with Crippen molar-refractivity contribution in [3.63, 3.8) is 0 Å². The van der Waals surface area contributed by atoms with Gasteiger partial charge in [-0.3, -0.25) is 14.5 Å². The van der Waals surface area contributed by atoms with Gasteiger partial charge in [-0.15, -0.1) is 0 Å². The molecule has 34 heavy (non-hydrogen) atoms. The predicted molar refractivity (Wildman–Crippen MR) is 128 cm³/mol. The number of nitrogens with one attached hydrogen (secondary N) is 1. The van der Waals surface area contributed by atoms with Crippen LogP contribution >= 0.6 is 0 Å². The van der Waals surface area contributed by atoms with Crippen molar-refractivity contribution >= 4 is 5.91 Å². The Hall–Kier alpha value is -4.00. The van der Waals surface area contributed by atoms with E-state index in [9.17, 15) is 14.3 Å². The van der Waals surface area contributed by atoms with E-state index in [1.54, 1.807) is 36.5 Å². The second kappa shape index (κ2) is 9.47. The van der Waals surface area contributed by atoms with Gasteiger partial charge in [-0.25, -0.2) is 4.39 Å². The summed E-state index contributed by atoms with van der Waals surface area (Å²) in [6.07, 6.45) is 7.51. The van der Waals surface area contributed by atoms with E-state index in [0.717, 1.165) is 40.9 Å². The molecule has 4 aromatic rings. The molecule has 2 N–H and O–H groups in total. The van der Waals surface area contributed by atoms with Crippen molar-refractivity contribution in [2.24, 2.45) is 0 Å². The molecule has 1 aliphatic rings. The number of carbonyl (C=O) groups is 1. The molecule has 0 aliphatic heterocycles. The van der Waals surface area contributed by atoms with E-state index in [1.165, 1.54) is 18.2 Å². The number of carbonyl (C=O) groups excluding carboxylic acids is 1. The third-order valence-electron chi connectivity index (χ3n) is 5.94. The summed E-state index contributed by atoms with van der Waals surface area (Å²) in [6, 6.07) is 17.4. The molecule has 0 bridgehead atoms. The van der Waals surface area contributed by atoms with Gasteiger partial charge in [0, 0.05) is 35.8 Å². The Morgan fingerprint density at radius 1 is 1.09 bits per heavy atom. The molecule has 2 aromatic heterocycles. The average molecular weight is 457 g/mol. The molecule has 1 amide bonds. The molecular formula is C27H25FN4O2. The molecule has 0 unspecified atom stereocenters. The van der Waals surface area contributed by atoms with E-state index in [-0.39, 0.29) is 23.0 Å². The van der Waals surface area contributed by atoms with Crippen LogP contribution in [0.1, 0.15) is 41.4 Å². The molecular weight excluding hydrogens is 431 g/mol. The molecule has 2 heterocycles. The van der Waals surface area contributed by atoms with Gasteiger partial charge in [-0.1, -0.05) is 12.1 Å². The average Bonchev–Trinajstić information content (AvgIpc) is 3.61. The lowest BCUT2D eigenvalue weighted by atomic mass is 10.0. The van der Waals surface area contributed by atoms with Crippen molar-refractivity contribution in [3.8, 4) is 28.1 Å². The highest BCUT2D eigenvalue weighted by Crippen LogP contribution is 2.39. The van der Waals surface area contributed by atoms with Gasteiger partial charge in [0.05, 0.1) is 11.6 Å². The van der Waals surface area contributed by atoms with Crippen molar-refractivity contribution < 1.29 is 14.3 Å². The number of aromatic nitrogens is 3. The van der Waals surface area contributed by atoms with Crippen LogP contribution in [0.2, 0.25) is 0 Å². The first kappa shape index (κ1) is 21.8. The Bertz CT molecular complexity index is 1310. The highest BCUT2D eigenvalue weighted by molar-refractivity contribution is 5.96. The number of benzene rings is 2. The summed E-state index contributed by atoms with van der Waals surface area (Å²) in [4.78, 5) is 16.7. The first-order valence-electron chi connectivity index (χ1n) is 11.4. The second-order valence-corrected chi connectivity index (χ2v) is 8.52. The Balaban J connectivity index is 1.29. The maximum absolute atomic E-state index is 13.5. The minimum atomic E-state index is -0.295. The number of phenolic OH excluding ortho intramolecular Hbond substituents is 1. The van der Waals surface area contributed by atoms with Gasteiger partial charge in [0.15, 0.2) is 0 Å². The molecule has 2 aromatic carbocycles. The van der Waals surface area contributed by atoms with Gasteiger partial charge in [0.1, 0.15) is 17.3 Å². The number of aromatic hydroxyl groups is 1. The van der Waals surface area contributed by atoms with Crippen LogP contribution < -0.4 is 5.32 Å². The number of hydrogen-bond donors (Lipinski definition) is 2. The standard InChI is InChI=1S/C27H25FN4O2/c28-20-9-7-18(8-10-20)26-24(17-32(31-26)22-11-12-22)19-13-15-29-21(16-19)4-3-14-30-27(34)23-5-1-2-6-25(23)33/h1-2,5-10,13,15-17,22,33H,3-4,11-12,14H2,(H,30,34). The van der Waals surface area contributed by atoms with Crippen LogP contribution in [-0.4, -0.2) is 32.3 Å². The van der Waals surface area contributed by atoms with Gasteiger partial charge < -0.3 is 10.4 Å². The van der Waals surface area contributed by atoms with Gasteiger partial charge in [0.2, 0.25) is 0 Å². The Kier molecular flexibility index (Phi) is 6.08. The second-order valence-electron chi connectivity index (χ2n) is 8.52. The van der Waals surface area contributed by atoms with E-state index >= 15 is 0 Å². The quantitative estimate of drug-likeness (QED) is 0.359. The normalized spacial score (nSPS) is 13.1. The van der Waals surface area contributed by atoms with Gasteiger partial charge in [-0.05, 0) is 79.8 Å². The Morgan fingerprint density at radius 3 is 2.65 bits per heavy atom. The number of phenols is 1. The number of para-hydroxylation sites is 1. The molecule has 6 nitrogen and oxygen atoms in total. The lowest BCUT2D eigenvalue weighted by molar-refractivity contribution is 0.0950. The lowest BCUT2D eigenvalue weighted by Crippen LogP contribution is -2.24. The van der Waals surface area contributed by atoms with Crippen LogP contribution in [0.3, 0.4) is 0 Å². The zero-order valence-electron chi connectivity index (χ0n) is 18.6. The smallest absolute Gasteiger partial charge is 0.255 e. The fraction of sp³-hybridized carbons (Fsp3) is 0.222. The van der Waals surface area contributed by atoms with E-state index in [1.807, 2.05) is 16.8 Å². The number of nitrogens with zero attached hydrogens (tertiary/aromatic N) is 3. The largest absolute Gasteiger partial charge is 0.507 e. The number of rotatable bonds is 8. The topological polar surface area (TPSA) is 80.0 Å². The summed E-state index contributed by atoms with van der Waals surface area (Å²) in [5.74, 6) is -0.595. The first-order valence-corrected chi connectivity index (χ1v) is 11.4. The number of amides is 1. The van der Waals surface area contributed by atoms with Crippen LogP contribution in [0.4, 0.5) is 4.39 Å². The number of pyridine rings is 1. The molecule has 0 radical (unpaired) electrons. The number of hydrogen-bond acceptors (Lipinski definition) is 4. The minimum Gasteiger partial charge on any atom is -0.507 e. The highest BCUT2D eigenvalue weighted by Gasteiger charge is 2.26. The maximum Gasteiger partial charge on any atom is 0.255 e. The van der Waals surface area contributed by atoms with Gasteiger partial charge >= 0.3 is 0 Å². The Morgan fingerprint density at radius 2 is 1.88 bits per heavy atom. The number of aryl methyl sites for hydroxylation is 1. The zero-order chi connectivity index (χ0) is 23.5. The zero-order valence-corrected chi connectivity index (χ0v) is 18.6. The molecule has 7 heteroatoms. The molecule has 172 valence electrons. The van der Waals surface area contributed by atoms with Crippen molar-refractivity contribution in [1.82, 2.24) is 20.1 Å². The molecule has 0 saturated heterocycles. The van der Waals surface area contributed by atoms with Crippen molar-refractivity contribution in [3.05, 3.63) is 90.1 Å². The fourth-order valence-corrected chi connectivity index (χ4v) is 3.96. The summed E-state index contributed by atoms with van der Waals surface area (Å²) in [5.41, 5.74) is 4.90. The minimum absolute atomic E-state index is 0.0296. The summed E-state index contributed by atoms with van der Waals surface area (Å²) >= 11 is 0. The van der Waals surface area contributed by atoms with E-state index in [4.69, 9.17) is 5.10 Å². The van der Waals surface area contributed by atoms with E-state index < -0.39 is 0 Å². The van der Waals surface area contributed by atoms with E-state index in [0.29, 0.717) is 25.4 Å². The van der Waals surface area contributed by atoms with Crippen LogP contribution in [0.5, 0.6) is 5.75 Å². The van der Waals surface area contributed by atoms with Crippen LogP contribution in [0, 0.1) is 5.82 Å². The molecule has 0 atom stereocenters. The first-order chi connectivity index (χ1) is 16.6. The van der Waals surface area contributed by atoms with Crippen LogP contribution in [0.25, 0.3) is 22.4 Å². The fourth-order valence-electron chi connectivity index (χ4n) is 3.96. The number of halogens is 1. The van der Waals surface area contributed by atoms with Crippen LogP contribution in [0.15, 0.2) is 73.1 Å². The molecule has 1 aliphatic carbocycles. The third kappa shape index (κ3) is 4.83. The van der Waals surface area contributed by atoms with Crippen LogP contribution in [-0.2, 0) is 6.42 Å². The SMILES string of the molecule is O=C(NCCCc1cc(-c2cn(C3CC3)nc2-c2ccc(F)cc2)ccn1)c1ccccc1O. The molecule has 0 spiro atoms. The Labute approximate surface area is 197 Å². The third-order valence-corrected chi connectivity index (χ3v) is 5.94. The van der Waals surface area contributed by atoms with Crippen molar-refractivity contribution in [2.75, 3.05) is 6.54 Å². The van der Waals surface area contributed by atoms with Gasteiger partial charge in [-0.2, -0.15) is 5.10 Å². The predicted octanol–water partition coefficient (Wildman–Crippen LogP) is 5.15. The van der Waals surface area contributed by atoms with Gasteiger partial charge in [0.25, 0.3) is 5.91 Å². The summed E-state index contributed by atoms with van der Waals surface area (Å²) in [6.45, 7) is 0.472. The maximum atomic E-state index is 13.5. The van der Waals surface area contributed by atoms with Crippen molar-refractivity contribution in [1.29, 1.82) is 0 Å².